The average Bonchev–Trinajstić information content (AvgIpc) is 2.76. The van der Waals surface area contributed by atoms with Gasteiger partial charge in [-0.2, -0.15) is 11.3 Å². The largest absolute Gasteiger partial charge is 0.352 e. The van der Waals surface area contributed by atoms with Crippen molar-refractivity contribution in [1.82, 2.24) is 5.32 Å². The first kappa shape index (κ1) is 12.5. The van der Waals surface area contributed by atoms with Gasteiger partial charge in [0.25, 0.3) is 5.91 Å². The third-order valence-electron chi connectivity index (χ3n) is 2.13. The van der Waals surface area contributed by atoms with E-state index in [0.717, 1.165) is 43.7 Å². The second-order valence-corrected chi connectivity index (χ2v) is 4.53. The second-order valence-electron chi connectivity index (χ2n) is 3.37. The van der Waals surface area contributed by atoms with E-state index in [2.05, 4.69) is 5.32 Å². The van der Waals surface area contributed by atoms with Crippen molar-refractivity contribution < 1.29 is 4.79 Å². The summed E-state index contributed by atoms with van der Waals surface area (Å²) in [4.78, 5) is 11.5. The Morgan fingerprint density at radius 2 is 2.13 bits per heavy atom. The fourth-order valence-corrected chi connectivity index (χ4v) is 2.10. The summed E-state index contributed by atoms with van der Waals surface area (Å²) in [6, 6.07) is 1.84. The van der Waals surface area contributed by atoms with Crippen LogP contribution >= 0.6 is 22.9 Å². The molecule has 0 atom stereocenters. The summed E-state index contributed by atoms with van der Waals surface area (Å²) >= 11 is 7.11. The van der Waals surface area contributed by atoms with Gasteiger partial charge in [-0.25, -0.2) is 0 Å². The van der Waals surface area contributed by atoms with E-state index in [1.165, 1.54) is 0 Å². The molecule has 15 heavy (non-hydrogen) atoms. The van der Waals surface area contributed by atoms with Gasteiger partial charge in [0.05, 0.1) is 0 Å². The highest BCUT2D eigenvalue weighted by Crippen LogP contribution is 2.05. The number of carbonyl (C=O) groups excluding carboxylic acids is 1. The Bertz CT molecular complexity index is 274. The van der Waals surface area contributed by atoms with Crippen LogP contribution in [0.1, 0.15) is 36.0 Å². The lowest BCUT2D eigenvalue weighted by atomic mass is 10.2. The average molecular weight is 246 g/mol. The molecule has 0 aliphatic rings. The van der Waals surface area contributed by atoms with Crippen LogP contribution in [0.2, 0.25) is 0 Å². The Hall–Kier alpha value is -0.540. The third kappa shape index (κ3) is 5.19. The maximum Gasteiger partial charge on any atom is 0.252 e. The van der Waals surface area contributed by atoms with Gasteiger partial charge in [-0.3, -0.25) is 4.79 Å². The quantitative estimate of drug-likeness (QED) is 0.580. The van der Waals surface area contributed by atoms with Crippen LogP contribution in [0, 0.1) is 0 Å². The molecule has 1 N–H and O–H groups in total. The van der Waals surface area contributed by atoms with E-state index < -0.39 is 0 Å². The highest BCUT2D eigenvalue weighted by molar-refractivity contribution is 7.08. The molecular formula is C11H16ClNOS. The second kappa shape index (κ2) is 7.71. The van der Waals surface area contributed by atoms with E-state index in [9.17, 15) is 4.79 Å². The number of hydrogen-bond donors (Lipinski definition) is 1. The Morgan fingerprint density at radius 3 is 2.80 bits per heavy atom. The molecule has 0 bridgehead atoms. The smallest absolute Gasteiger partial charge is 0.252 e. The van der Waals surface area contributed by atoms with Crippen LogP contribution in [0.5, 0.6) is 0 Å². The topological polar surface area (TPSA) is 29.1 Å². The lowest BCUT2D eigenvalue weighted by molar-refractivity contribution is 0.0953. The predicted molar refractivity (Wildman–Crippen MR) is 65.8 cm³/mol. The lowest BCUT2D eigenvalue weighted by Crippen LogP contribution is -2.23. The molecule has 1 rings (SSSR count). The van der Waals surface area contributed by atoms with Crippen molar-refractivity contribution in [1.29, 1.82) is 0 Å². The zero-order valence-electron chi connectivity index (χ0n) is 8.67. The molecule has 0 aromatic carbocycles. The predicted octanol–water partition coefficient (Wildman–Crippen LogP) is 3.28. The van der Waals surface area contributed by atoms with Crippen LogP contribution in [0.25, 0.3) is 0 Å². The molecule has 2 nitrogen and oxygen atoms in total. The molecule has 0 aliphatic carbocycles. The minimum Gasteiger partial charge on any atom is -0.352 e. The maximum absolute atomic E-state index is 11.5. The molecule has 1 heterocycles. The summed E-state index contributed by atoms with van der Waals surface area (Å²) in [6.45, 7) is 0.761. The molecule has 0 aliphatic heterocycles. The molecule has 4 heteroatoms. The summed E-state index contributed by atoms with van der Waals surface area (Å²) in [5, 5.41) is 6.67. The number of halogens is 1. The minimum absolute atomic E-state index is 0.0357. The molecule has 0 fully saturated rings. The van der Waals surface area contributed by atoms with Crippen LogP contribution < -0.4 is 5.32 Å². The Kier molecular flexibility index (Phi) is 6.44. The monoisotopic (exact) mass is 245 g/mol. The van der Waals surface area contributed by atoms with Crippen LogP contribution in [0.15, 0.2) is 16.8 Å². The number of alkyl halides is 1. The van der Waals surface area contributed by atoms with Crippen molar-refractivity contribution in [2.45, 2.75) is 25.7 Å². The number of rotatable bonds is 7. The number of hydrogen-bond acceptors (Lipinski definition) is 2. The van der Waals surface area contributed by atoms with E-state index in [1.54, 1.807) is 11.3 Å². The zero-order valence-corrected chi connectivity index (χ0v) is 10.2. The number of amides is 1. The van der Waals surface area contributed by atoms with Crippen molar-refractivity contribution in [3.8, 4) is 0 Å². The van der Waals surface area contributed by atoms with Crippen LogP contribution in [0.3, 0.4) is 0 Å². The molecule has 0 saturated heterocycles. The van der Waals surface area contributed by atoms with Gasteiger partial charge >= 0.3 is 0 Å². The van der Waals surface area contributed by atoms with E-state index >= 15 is 0 Å². The van der Waals surface area contributed by atoms with Gasteiger partial charge in [0.1, 0.15) is 0 Å². The van der Waals surface area contributed by atoms with E-state index in [4.69, 9.17) is 11.6 Å². The van der Waals surface area contributed by atoms with E-state index in [-0.39, 0.29) is 5.91 Å². The van der Waals surface area contributed by atoms with Gasteiger partial charge in [0.15, 0.2) is 0 Å². The molecule has 1 aromatic heterocycles. The third-order valence-corrected chi connectivity index (χ3v) is 3.08. The fourth-order valence-electron chi connectivity index (χ4n) is 1.27. The van der Waals surface area contributed by atoms with Crippen LogP contribution in [0.4, 0.5) is 0 Å². The molecule has 0 saturated carbocycles. The van der Waals surface area contributed by atoms with Gasteiger partial charge in [-0.1, -0.05) is 12.8 Å². The van der Waals surface area contributed by atoms with Gasteiger partial charge in [-0.05, 0) is 24.3 Å². The number of unbranched alkanes of at least 4 members (excludes halogenated alkanes) is 3. The van der Waals surface area contributed by atoms with Gasteiger partial charge in [0, 0.05) is 23.4 Å². The molecular weight excluding hydrogens is 230 g/mol. The molecule has 0 unspecified atom stereocenters. The number of carbonyl (C=O) groups is 1. The van der Waals surface area contributed by atoms with Gasteiger partial charge in [-0.15, -0.1) is 11.6 Å². The first-order valence-corrected chi connectivity index (χ1v) is 6.68. The van der Waals surface area contributed by atoms with E-state index in [1.807, 2.05) is 16.8 Å². The summed E-state index contributed by atoms with van der Waals surface area (Å²) in [6.07, 6.45) is 4.39. The maximum atomic E-state index is 11.5. The van der Waals surface area contributed by atoms with Crippen LogP contribution in [-0.4, -0.2) is 18.3 Å². The summed E-state index contributed by atoms with van der Waals surface area (Å²) in [5.74, 6) is 0.773. The first-order valence-electron chi connectivity index (χ1n) is 5.21. The highest BCUT2D eigenvalue weighted by atomic mass is 35.5. The molecule has 0 spiro atoms. The standard InChI is InChI=1S/C11H16ClNOS/c12-6-3-1-2-4-7-13-11(14)10-5-8-15-9-10/h5,8-9H,1-4,6-7H2,(H,13,14). The van der Waals surface area contributed by atoms with Crippen molar-refractivity contribution in [3.05, 3.63) is 22.4 Å². The van der Waals surface area contributed by atoms with Gasteiger partial charge in [0.2, 0.25) is 0 Å². The minimum atomic E-state index is 0.0357. The lowest BCUT2D eigenvalue weighted by Gasteiger charge is -2.03. The van der Waals surface area contributed by atoms with Crippen molar-refractivity contribution in [3.63, 3.8) is 0 Å². The van der Waals surface area contributed by atoms with Crippen molar-refractivity contribution in [2.75, 3.05) is 12.4 Å². The van der Waals surface area contributed by atoms with E-state index in [0.29, 0.717) is 0 Å². The summed E-state index contributed by atoms with van der Waals surface area (Å²) < 4.78 is 0. The molecule has 1 amide bonds. The first-order chi connectivity index (χ1) is 7.34. The molecule has 0 radical (unpaired) electrons. The summed E-state index contributed by atoms with van der Waals surface area (Å²) in [5.41, 5.74) is 0.765. The molecule has 84 valence electrons. The molecule has 1 aromatic rings. The Morgan fingerprint density at radius 1 is 1.33 bits per heavy atom. The number of thiophene rings is 1. The SMILES string of the molecule is O=C(NCCCCCCCl)c1ccsc1. The summed E-state index contributed by atoms with van der Waals surface area (Å²) in [7, 11) is 0. The normalized spacial score (nSPS) is 10.2. The van der Waals surface area contributed by atoms with Gasteiger partial charge < -0.3 is 5.32 Å². The number of nitrogens with one attached hydrogen (secondary N) is 1. The van der Waals surface area contributed by atoms with Crippen molar-refractivity contribution in [2.24, 2.45) is 0 Å². The Labute approximate surface area is 99.6 Å². The van der Waals surface area contributed by atoms with Crippen molar-refractivity contribution >= 4 is 28.8 Å². The Balaban J connectivity index is 2.03. The fraction of sp³-hybridized carbons (Fsp3) is 0.545. The highest BCUT2D eigenvalue weighted by Gasteiger charge is 2.03. The zero-order chi connectivity index (χ0) is 10.9. The van der Waals surface area contributed by atoms with Crippen LogP contribution in [-0.2, 0) is 0 Å².